The van der Waals surface area contributed by atoms with E-state index in [0.29, 0.717) is 12.1 Å². The largest absolute Gasteiger partial charge is 0.495 e. The summed E-state index contributed by atoms with van der Waals surface area (Å²) in [6.45, 7) is 1.18. The number of methoxy groups -OCH3 is 1. The van der Waals surface area contributed by atoms with Crippen molar-refractivity contribution >= 4 is 37.5 Å². The van der Waals surface area contributed by atoms with Gasteiger partial charge in [0.05, 0.1) is 17.3 Å². The molecule has 3 rings (SSSR count). The highest BCUT2D eigenvalue weighted by Gasteiger charge is 2.35. The second kappa shape index (κ2) is 6.88. The Balaban J connectivity index is 1.76. The first kappa shape index (κ1) is 15.6. The summed E-state index contributed by atoms with van der Waals surface area (Å²) in [5.74, 6) is 1.61. The van der Waals surface area contributed by atoms with E-state index in [0.717, 1.165) is 26.3 Å². The molecule has 3 unspecified atom stereocenters. The molecule has 0 radical (unpaired) electrons. The SMILES string of the molecule is COc1cc(NC2CCCC2C2CCCN2)c(Br)cc1Br. The van der Waals surface area contributed by atoms with Gasteiger partial charge < -0.3 is 15.4 Å². The fourth-order valence-electron chi connectivity index (χ4n) is 3.72. The van der Waals surface area contributed by atoms with Crippen molar-refractivity contribution in [3.05, 3.63) is 21.1 Å². The average molecular weight is 418 g/mol. The van der Waals surface area contributed by atoms with Gasteiger partial charge in [-0.15, -0.1) is 0 Å². The summed E-state index contributed by atoms with van der Waals surface area (Å²) in [6, 6.07) is 5.38. The van der Waals surface area contributed by atoms with Crippen LogP contribution in [-0.2, 0) is 0 Å². The summed E-state index contributed by atoms with van der Waals surface area (Å²) in [7, 11) is 1.71. The Morgan fingerprint density at radius 2 is 2.00 bits per heavy atom. The summed E-state index contributed by atoms with van der Waals surface area (Å²) < 4.78 is 7.47. The van der Waals surface area contributed by atoms with E-state index in [1.165, 1.54) is 38.6 Å². The average Bonchev–Trinajstić information content (AvgIpc) is 3.12. The van der Waals surface area contributed by atoms with Gasteiger partial charge in [-0.3, -0.25) is 0 Å². The summed E-state index contributed by atoms with van der Waals surface area (Å²) in [6.07, 6.45) is 6.57. The van der Waals surface area contributed by atoms with Crippen LogP contribution < -0.4 is 15.4 Å². The van der Waals surface area contributed by atoms with Crippen LogP contribution in [0.5, 0.6) is 5.75 Å². The molecule has 1 saturated heterocycles. The number of nitrogens with one attached hydrogen (secondary N) is 2. The highest BCUT2D eigenvalue weighted by atomic mass is 79.9. The number of hydrogen-bond acceptors (Lipinski definition) is 3. The minimum absolute atomic E-state index is 0.558. The van der Waals surface area contributed by atoms with Crippen molar-refractivity contribution in [3.63, 3.8) is 0 Å². The lowest BCUT2D eigenvalue weighted by atomic mass is 9.93. The highest BCUT2D eigenvalue weighted by Crippen LogP contribution is 2.38. The van der Waals surface area contributed by atoms with Gasteiger partial charge in [0.15, 0.2) is 0 Å². The first-order valence-corrected chi connectivity index (χ1v) is 9.30. The van der Waals surface area contributed by atoms with E-state index >= 15 is 0 Å². The summed E-state index contributed by atoms with van der Waals surface area (Å²) in [4.78, 5) is 0. The Bertz CT molecular complexity index is 503. The molecule has 2 N–H and O–H groups in total. The quantitative estimate of drug-likeness (QED) is 0.753. The third kappa shape index (κ3) is 3.40. The lowest BCUT2D eigenvalue weighted by Gasteiger charge is -2.28. The number of hydrogen-bond donors (Lipinski definition) is 2. The number of anilines is 1. The van der Waals surface area contributed by atoms with Crippen molar-refractivity contribution in [2.75, 3.05) is 19.0 Å². The predicted octanol–water partition coefficient (Wildman–Crippen LogP) is 4.55. The molecule has 21 heavy (non-hydrogen) atoms. The van der Waals surface area contributed by atoms with E-state index in [9.17, 15) is 0 Å². The zero-order chi connectivity index (χ0) is 14.8. The maximum atomic E-state index is 5.41. The lowest BCUT2D eigenvalue weighted by Crippen LogP contribution is -2.38. The standard InChI is InChI=1S/C16H22Br2N2O/c1-21-16-9-15(11(17)8-12(16)18)20-14-5-2-4-10(14)13-6-3-7-19-13/h8-10,13-14,19-20H,2-7H2,1H3. The molecule has 1 aliphatic heterocycles. The Labute approximate surface area is 143 Å². The molecule has 3 nitrogen and oxygen atoms in total. The second-order valence-electron chi connectivity index (χ2n) is 6.02. The molecular weight excluding hydrogens is 396 g/mol. The number of ether oxygens (including phenoxy) is 1. The molecule has 0 spiro atoms. The van der Waals surface area contributed by atoms with Gasteiger partial charge in [0.2, 0.25) is 0 Å². The van der Waals surface area contributed by atoms with Crippen LogP contribution in [0.4, 0.5) is 5.69 Å². The van der Waals surface area contributed by atoms with Crippen molar-refractivity contribution in [2.24, 2.45) is 5.92 Å². The normalized spacial score (nSPS) is 28.8. The summed E-state index contributed by atoms with van der Waals surface area (Å²) in [5, 5.41) is 7.43. The van der Waals surface area contributed by atoms with Crippen molar-refractivity contribution in [3.8, 4) is 5.75 Å². The predicted molar refractivity (Wildman–Crippen MR) is 94.2 cm³/mol. The third-order valence-corrected chi connectivity index (χ3v) is 6.04. The van der Waals surface area contributed by atoms with Gasteiger partial charge in [-0.2, -0.15) is 0 Å². The summed E-state index contributed by atoms with van der Waals surface area (Å²) in [5.41, 5.74) is 1.13. The molecule has 5 heteroatoms. The van der Waals surface area contributed by atoms with E-state index in [2.05, 4.69) is 54.6 Å². The fourth-order valence-corrected chi connectivity index (χ4v) is 4.99. The van der Waals surface area contributed by atoms with Crippen LogP contribution in [0, 0.1) is 5.92 Å². The van der Waals surface area contributed by atoms with Gasteiger partial charge in [0.25, 0.3) is 0 Å². The van der Waals surface area contributed by atoms with Gasteiger partial charge in [-0.05, 0) is 76.1 Å². The van der Waals surface area contributed by atoms with Crippen LogP contribution in [0.2, 0.25) is 0 Å². The van der Waals surface area contributed by atoms with Crippen LogP contribution in [-0.4, -0.2) is 25.7 Å². The maximum Gasteiger partial charge on any atom is 0.135 e. The van der Waals surface area contributed by atoms with E-state index in [1.54, 1.807) is 7.11 Å². The van der Waals surface area contributed by atoms with Crippen LogP contribution in [0.25, 0.3) is 0 Å². The van der Waals surface area contributed by atoms with Crippen molar-refractivity contribution in [2.45, 2.75) is 44.2 Å². The third-order valence-electron chi connectivity index (χ3n) is 4.77. The van der Waals surface area contributed by atoms with Crippen LogP contribution in [0.15, 0.2) is 21.1 Å². The molecule has 116 valence electrons. The first-order valence-electron chi connectivity index (χ1n) is 7.72. The highest BCUT2D eigenvalue weighted by molar-refractivity contribution is 9.11. The minimum Gasteiger partial charge on any atom is -0.495 e. The van der Waals surface area contributed by atoms with Crippen molar-refractivity contribution < 1.29 is 4.74 Å². The zero-order valence-electron chi connectivity index (χ0n) is 12.3. The maximum absolute atomic E-state index is 5.41. The van der Waals surface area contributed by atoms with Gasteiger partial charge in [-0.1, -0.05) is 6.42 Å². The van der Waals surface area contributed by atoms with Crippen LogP contribution in [0.1, 0.15) is 32.1 Å². The minimum atomic E-state index is 0.558. The van der Waals surface area contributed by atoms with E-state index in [-0.39, 0.29) is 0 Å². The Morgan fingerprint density at radius 1 is 1.14 bits per heavy atom. The number of halogens is 2. The first-order chi connectivity index (χ1) is 10.2. The molecule has 3 atom stereocenters. The van der Waals surface area contributed by atoms with Crippen molar-refractivity contribution in [1.82, 2.24) is 5.32 Å². The Morgan fingerprint density at radius 3 is 2.71 bits per heavy atom. The molecule has 1 aromatic carbocycles. The molecule has 2 fully saturated rings. The van der Waals surface area contributed by atoms with E-state index in [1.807, 2.05) is 0 Å². The monoisotopic (exact) mass is 416 g/mol. The number of benzene rings is 1. The summed E-state index contributed by atoms with van der Waals surface area (Å²) >= 11 is 7.18. The van der Waals surface area contributed by atoms with Crippen LogP contribution >= 0.6 is 31.9 Å². The van der Waals surface area contributed by atoms with Gasteiger partial charge in [0.1, 0.15) is 5.75 Å². The zero-order valence-corrected chi connectivity index (χ0v) is 15.5. The fraction of sp³-hybridized carbons (Fsp3) is 0.625. The molecule has 1 heterocycles. The molecule has 0 aromatic heterocycles. The van der Waals surface area contributed by atoms with Crippen LogP contribution in [0.3, 0.4) is 0 Å². The van der Waals surface area contributed by atoms with Gasteiger partial charge >= 0.3 is 0 Å². The molecule has 1 aromatic rings. The molecular formula is C16H22Br2N2O. The second-order valence-corrected chi connectivity index (χ2v) is 7.72. The molecule has 2 aliphatic rings. The molecule has 1 aliphatic carbocycles. The molecule has 0 amide bonds. The Kier molecular flexibility index (Phi) is 5.12. The lowest BCUT2D eigenvalue weighted by molar-refractivity contribution is 0.375. The number of rotatable bonds is 4. The van der Waals surface area contributed by atoms with E-state index < -0.39 is 0 Å². The molecule has 1 saturated carbocycles. The van der Waals surface area contributed by atoms with Gasteiger partial charge in [-0.25, -0.2) is 0 Å². The van der Waals surface area contributed by atoms with Gasteiger partial charge in [0, 0.05) is 22.6 Å². The van der Waals surface area contributed by atoms with E-state index in [4.69, 9.17) is 4.74 Å². The van der Waals surface area contributed by atoms with Crippen molar-refractivity contribution in [1.29, 1.82) is 0 Å². The molecule has 0 bridgehead atoms. The topological polar surface area (TPSA) is 33.3 Å². The smallest absolute Gasteiger partial charge is 0.135 e. The Hall–Kier alpha value is -0.260.